The second-order valence-corrected chi connectivity index (χ2v) is 14.4. The Balaban J connectivity index is 1.64. The molecule has 4 aliphatic heterocycles. The number of aliphatic hydroxyl groups is 1. The van der Waals surface area contributed by atoms with Gasteiger partial charge in [0.15, 0.2) is 0 Å². The number of ether oxygens (including phenoxy) is 3. The number of cyclic esters (lactones) is 1. The van der Waals surface area contributed by atoms with Crippen LogP contribution in [-0.4, -0.2) is 101 Å². The fourth-order valence-corrected chi connectivity index (χ4v) is 7.62. The summed E-state index contributed by atoms with van der Waals surface area (Å²) in [7, 11) is 1.51. The van der Waals surface area contributed by atoms with Gasteiger partial charge < -0.3 is 34.4 Å². The molecule has 5 rings (SSSR count). The maximum atomic E-state index is 14.8. The number of amides is 3. The van der Waals surface area contributed by atoms with Gasteiger partial charge in [0, 0.05) is 25.6 Å². The van der Waals surface area contributed by atoms with Gasteiger partial charge in [-0.3, -0.25) is 19.2 Å². The summed E-state index contributed by atoms with van der Waals surface area (Å²) in [5.41, 5.74) is -1.41. The van der Waals surface area contributed by atoms with Gasteiger partial charge in [0.1, 0.15) is 23.7 Å². The van der Waals surface area contributed by atoms with Crippen molar-refractivity contribution >= 4 is 23.7 Å². The summed E-state index contributed by atoms with van der Waals surface area (Å²) < 4.78 is 18.3. The molecule has 5 bridgehead atoms. The SMILES string of the molecule is COC[C@@H]1NC(=O)CC/C=C\CN(C(C)(C)C)C(=O)[C@H]2N([C@@H](CO)CC(C)C)C(=O)[C@@H]3[C@@H](C(=O)O[C@H]1c1ccccc1)[C@H]1C=C[C@]32O1. The van der Waals surface area contributed by atoms with Crippen LogP contribution in [0.5, 0.6) is 0 Å². The second-order valence-electron chi connectivity index (χ2n) is 14.4. The van der Waals surface area contributed by atoms with Crippen LogP contribution in [0.2, 0.25) is 0 Å². The van der Waals surface area contributed by atoms with Gasteiger partial charge >= 0.3 is 5.97 Å². The topological polar surface area (TPSA) is 135 Å². The van der Waals surface area contributed by atoms with E-state index in [9.17, 15) is 24.3 Å². The molecular weight excluding hydrogens is 602 g/mol. The predicted molar refractivity (Wildman–Crippen MR) is 174 cm³/mol. The molecule has 0 unspecified atom stereocenters. The molecule has 0 saturated carbocycles. The van der Waals surface area contributed by atoms with Gasteiger partial charge in [-0.2, -0.15) is 0 Å². The molecule has 2 saturated heterocycles. The Labute approximate surface area is 277 Å². The van der Waals surface area contributed by atoms with Crippen LogP contribution in [0.4, 0.5) is 0 Å². The Kier molecular flexibility index (Phi) is 10.3. The monoisotopic (exact) mass is 651 g/mol. The molecule has 3 amide bonds. The molecular formula is C36H49N3O8. The van der Waals surface area contributed by atoms with Crippen LogP contribution in [-0.2, 0) is 33.4 Å². The highest BCUT2D eigenvalue weighted by Gasteiger charge is 2.74. The van der Waals surface area contributed by atoms with Gasteiger partial charge in [0.05, 0.1) is 37.3 Å². The van der Waals surface area contributed by atoms with E-state index in [1.54, 1.807) is 17.1 Å². The lowest BCUT2D eigenvalue weighted by Gasteiger charge is -2.43. The molecule has 1 aromatic rings. The molecule has 256 valence electrons. The summed E-state index contributed by atoms with van der Waals surface area (Å²) in [6, 6.07) is 6.63. The number of esters is 1. The molecule has 2 fully saturated rings. The molecule has 8 atom stereocenters. The third-order valence-corrected chi connectivity index (χ3v) is 9.66. The zero-order chi connectivity index (χ0) is 34.1. The Morgan fingerprint density at radius 1 is 1.09 bits per heavy atom. The van der Waals surface area contributed by atoms with E-state index in [1.165, 1.54) is 12.0 Å². The number of hydrogen-bond acceptors (Lipinski definition) is 8. The molecule has 11 heteroatoms. The Bertz CT molecular complexity index is 1390. The summed E-state index contributed by atoms with van der Waals surface area (Å²) in [5, 5.41) is 13.6. The fraction of sp³-hybridized carbons (Fsp3) is 0.611. The summed E-state index contributed by atoms with van der Waals surface area (Å²) in [6.07, 6.45) is 6.59. The largest absolute Gasteiger partial charge is 0.455 e. The van der Waals surface area contributed by atoms with Crippen molar-refractivity contribution < 1.29 is 38.5 Å². The number of carbonyl (C=O) groups excluding carboxylic acids is 4. The third kappa shape index (κ3) is 6.62. The van der Waals surface area contributed by atoms with E-state index in [0.717, 1.165) is 0 Å². The van der Waals surface area contributed by atoms with Crippen LogP contribution >= 0.6 is 0 Å². The second kappa shape index (κ2) is 13.9. The summed E-state index contributed by atoms with van der Waals surface area (Å²) in [6.45, 7) is 9.72. The first kappa shape index (κ1) is 34.8. The van der Waals surface area contributed by atoms with Crippen molar-refractivity contribution in [1.29, 1.82) is 0 Å². The minimum absolute atomic E-state index is 0.0729. The molecule has 11 nitrogen and oxygen atoms in total. The highest BCUT2D eigenvalue weighted by atomic mass is 16.6. The number of nitrogens with zero attached hydrogens (tertiary/aromatic N) is 2. The molecule has 4 aliphatic rings. The van der Waals surface area contributed by atoms with E-state index in [-0.39, 0.29) is 43.9 Å². The molecule has 0 aromatic heterocycles. The van der Waals surface area contributed by atoms with Gasteiger partial charge in [0.2, 0.25) is 17.7 Å². The van der Waals surface area contributed by atoms with E-state index in [2.05, 4.69) is 5.32 Å². The van der Waals surface area contributed by atoms with Gasteiger partial charge in [-0.15, -0.1) is 0 Å². The van der Waals surface area contributed by atoms with E-state index >= 15 is 0 Å². The highest BCUT2D eigenvalue weighted by molar-refractivity contribution is 5.99. The first-order chi connectivity index (χ1) is 22.3. The first-order valence-corrected chi connectivity index (χ1v) is 16.6. The van der Waals surface area contributed by atoms with Crippen molar-refractivity contribution in [3.05, 3.63) is 60.2 Å². The van der Waals surface area contributed by atoms with Gasteiger partial charge in [0.25, 0.3) is 0 Å². The van der Waals surface area contributed by atoms with E-state index in [1.807, 2.05) is 77.1 Å². The maximum Gasteiger partial charge on any atom is 0.313 e. The number of nitrogens with one attached hydrogen (secondary N) is 1. The van der Waals surface area contributed by atoms with E-state index in [0.29, 0.717) is 18.4 Å². The van der Waals surface area contributed by atoms with Crippen molar-refractivity contribution in [2.75, 3.05) is 26.9 Å². The summed E-state index contributed by atoms with van der Waals surface area (Å²) in [5.74, 6) is -3.62. The maximum absolute atomic E-state index is 14.8. The van der Waals surface area contributed by atoms with E-state index in [4.69, 9.17) is 14.2 Å². The minimum Gasteiger partial charge on any atom is -0.455 e. The Hall–Kier alpha value is -3.54. The lowest BCUT2D eigenvalue weighted by molar-refractivity contribution is -0.163. The number of aliphatic hydroxyl groups excluding tert-OH is 1. The van der Waals surface area contributed by atoms with Crippen molar-refractivity contribution in [2.45, 2.75) is 95.4 Å². The predicted octanol–water partition coefficient (Wildman–Crippen LogP) is 2.94. The quantitative estimate of drug-likeness (QED) is 0.340. The van der Waals surface area contributed by atoms with Gasteiger partial charge in [-0.05, 0) is 45.1 Å². The highest BCUT2D eigenvalue weighted by Crippen LogP contribution is 2.56. The number of carbonyl (C=O) groups is 4. The molecule has 4 heterocycles. The van der Waals surface area contributed by atoms with Crippen molar-refractivity contribution in [1.82, 2.24) is 15.1 Å². The van der Waals surface area contributed by atoms with Crippen LogP contribution < -0.4 is 5.32 Å². The molecule has 47 heavy (non-hydrogen) atoms. The number of benzene rings is 1. The number of methoxy groups -OCH3 is 1. The normalized spacial score (nSPS) is 32.9. The lowest BCUT2D eigenvalue weighted by atomic mass is 9.74. The standard InChI is InChI=1S/C36H49N3O8/c1-22(2)19-24(20-40)39-31-33(43)38(35(3,4)5)18-12-8-11-15-27(41)37-25(21-45-6)30(23-13-9-7-10-14-23)46-34(44)28-26-16-17-36(31,47-26)29(28)32(39)42/h7-10,12-14,16-17,22,24-26,28-31,40H,11,15,18-21H2,1-6H3,(H,37,41)/b12-8-/t24-,25+,26-,28+,29+,30+,31-,36+/m1/s1. The molecule has 0 aliphatic carbocycles. The summed E-state index contributed by atoms with van der Waals surface area (Å²) in [4.78, 5) is 60.2. The number of hydrogen-bond donors (Lipinski definition) is 2. The Morgan fingerprint density at radius 3 is 2.45 bits per heavy atom. The van der Waals surface area contributed by atoms with Crippen LogP contribution in [0.25, 0.3) is 0 Å². The minimum atomic E-state index is -1.42. The first-order valence-electron chi connectivity index (χ1n) is 16.6. The lowest BCUT2D eigenvalue weighted by Crippen LogP contribution is -2.61. The molecule has 0 radical (unpaired) electrons. The van der Waals surface area contributed by atoms with Gasteiger partial charge in [-0.25, -0.2) is 0 Å². The van der Waals surface area contributed by atoms with Crippen molar-refractivity contribution in [2.24, 2.45) is 17.8 Å². The fourth-order valence-electron chi connectivity index (χ4n) is 7.62. The zero-order valence-electron chi connectivity index (χ0n) is 28.3. The van der Waals surface area contributed by atoms with E-state index < -0.39 is 65.2 Å². The average molecular weight is 652 g/mol. The third-order valence-electron chi connectivity index (χ3n) is 9.66. The number of rotatable bonds is 7. The molecule has 1 spiro atoms. The van der Waals surface area contributed by atoms with Crippen LogP contribution in [0, 0.1) is 17.8 Å². The molecule has 2 N–H and O–H groups in total. The number of likely N-dealkylation sites (tertiary alicyclic amines) is 1. The van der Waals surface area contributed by atoms with Crippen LogP contribution in [0.1, 0.15) is 65.5 Å². The van der Waals surface area contributed by atoms with Crippen molar-refractivity contribution in [3.8, 4) is 0 Å². The number of fused-ring (bicyclic) bond motifs is 2. The molecule has 1 aromatic carbocycles. The van der Waals surface area contributed by atoms with Gasteiger partial charge in [-0.1, -0.05) is 68.5 Å². The van der Waals surface area contributed by atoms with Crippen molar-refractivity contribution in [3.63, 3.8) is 0 Å². The summed E-state index contributed by atoms with van der Waals surface area (Å²) >= 11 is 0. The average Bonchev–Trinajstić information content (AvgIpc) is 3.66. The zero-order valence-corrected chi connectivity index (χ0v) is 28.3. The smallest absolute Gasteiger partial charge is 0.313 e. The van der Waals surface area contributed by atoms with Crippen LogP contribution in [0.15, 0.2) is 54.6 Å². The van der Waals surface area contributed by atoms with Crippen LogP contribution in [0.3, 0.4) is 0 Å². The Morgan fingerprint density at radius 2 is 1.81 bits per heavy atom. The number of allylic oxidation sites excluding steroid dienone is 1.